The molecule has 4 nitrogen and oxygen atoms in total. The third-order valence-electron chi connectivity index (χ3n) is 2.03. The Balaban J connectivity index is 3.49. The summed E-state index contributed by atoms with van der Waals surface area (Å²) in [4.78, 5) is 11.4. The van der Waals surface area contributed by atoms with Gasteiger partial charge in [0.1, 0.15) is 0 Å². The van der Waals surface area contributed by atoms with Gasteiger partial charge in [-0.2, -0.15) is 4.39 Å². The van der Waals surface area contributed by atoms with Gasteiger partial charge in [-0.1, -0.05) is 0 Å². The van der Waals surface area contributed by atoms with Crippen LogP contribution in [0.15, 0.2) is 6.07 Å². The predicted molar refractivity (Wildman–Crippen MR) is 52.8 cm³/mol. The van der Waals surface area contributed by atoms with Gasteiger partial charge in [-0.05, 0) is 6.07 Å². The highest BCUT2D eigenvalue weighted by Gasteiger charge is 2.23. The number of ether oxygens (including phenoxy) is 2. The van der Waals surface area contributed by atoms with E-state index in [9.17, 15) is 13.6 Å². The van der Waals surface area contributed by atoms with E-state index in [4.69, 9.17) is 10.5 Å². The molecule has 0 unspecified atom stereocenters. The first kappa shape index (κ1) is 12.4. The lowest BCUT2D eigenvalue weighted by atomic mass is 10.1. The van der Waals surface area contributed by atoms with Crippen molar-refractivity contribution in [3.63, 3.8) is 0 Å². The Bertz CT molecular complexity index is 421. The van der Waals surface area contributed by atoms with Crippen molar-refractivity contribution >= 4 is 5.78 Å². The summed E-state index contributed by atoms with van der Waals surface area (Å²) in [6.07, 6.45) is 0. The monoisotopic (exact) mass is 231 g/mol. The van der Waals surface area contributed by atoms with Gasteiger partial charge >= 0.3 is 0 Å². The molecule has 2 N–H and O–H groups in total. The van der Waals surface area contributed by atoms with Gasteiger partial charge < -0.3 is 15.2 Å². The van der Waals surface area contributed by atoms with Crippen LogP contribution in [-0.2, 0) is 0 Å². The van der Waals surface area contributed by atoms with Gasteiger partial charge in [-0.15, -0.1) is 0 Å². The van der Waals surface area contributed by atoms with Crippen LogP contribution >= 0.6 is 0 Å². The van der Waals surface area contributed by atoms with Crippen molar-refractivity contribution in [1.82, 2.24) is 0 Å². The second-order valence-corrected chi connectivity index (χ2v) is 2.91. The smallest absolute Gasteiger partial charge is 0.204 e. The maximum atomic E-state index is 13.3. The SMILES string of the molecule is COc1c(C(=O)CN)cc(F)c(F)c1OC. The summed E-state index contributed by atoms with van der Waals surface area (Å²) < 4.78 is 35.9. The quantitative estimate of drug-likeness (QED) is 0.789. The summed E-state index contributed by atoms with van der Waals surface area (Å²) in [7, 11) is 2.37. The molecule has 0 spiro atoms. The molecule has 0 atom stereocenters. The lowest BCUT2D eigenvalue weighted by Crippen LogP contribution is -2.16. The molecule has 1 aromatic rings. The average molecular weight is 231 g/mol. The maximum Gasteiger partial charge on any atom is 0.204 e. The summed E-state index contributed by atoms with van der Waals surface area (Å²) >= 11 is 0. The third kappa shape index (κ3) is 1.96. The Hall–Kier alpha value is -1.69. The van der Waals surface area contributed by atoms with Crippen molar-refractivity contribution < 1.29 is 23.0 Å². The predicted octanol–water partition coefficient (Wildman–Crippen LogP) is 1.12. The average Bonchev–Trinajstić information content (AvgIpc) is 2.30. The number of hydrogen-bond donors (Lipinski definition) is 1. The molecule has 88 valence electrons. The number of carbonyl (C=O) groups excluding carboxylic acids is 1. The van der Waals surface area contributed by atoms with Gasteiger partial charge in [0, 0.05) is 0 Å². The van der Waals surface area contributed by atoms with Crippen molar-refractivity contribution in [3.05, 3.63) is 23.3 Å². The van der Waals surface area contributed by atoms with E-state index in [1.165, 1.54) is 7.11 Å². The zero-order valence-electron chi connectivity index (χ0n) is 8.84. The molecule has 0 aliphatic heterocycles. The molecule has 0 aliphatic rings. The van der Waals surface area contributed by atoms with Crippen LogP contribution in [0.2, 0.25) is 0 Å². The highest BCUT2D eigenvalue weighted by molar-refractivity contribution is 6.00. The third-order valence-corrected chi connectivity index (χ3v) is 2.03. The van der Waals surface area contributed by atoms with Crippen molar-refractivity contribution in [2.24, 2.45) is 5.73 Å². The molecule has 1 rings (SSSR count). The van der Waals surface area contributed by atoms with Crippen molar-refractivity contribution in [3.8, 4) is 11.5 Å². The Kier molecular flexibility index (Phi) is 3.78. The first-order valence-corrected chi connectivity index (χ1v) is 4.40. The number of nitrogens with two attached hydrogens (primary N) is 1. The van der Waals surface area contributed by atoms with Gasteiger partial charge in [0.2, 0.25) is 11.6 Å². The number of halogens is 2. The van der Waals surface area contributed by atoms with Gasteiger partial charge in [0.05, 0.1) is 26.3 Å². The summed E-state index contributed by atoms with van der Waals surface area (Å²) in [6, 6.07) is 0.742. The van der Waals surface area contributed by atoms with Gasteiger partial charge in [-0.3, -0.25) is 4.79 Å². The number of carbonyl (C=O) groups is 1. The maximum absolute atomic E-state index is 13.3. The topological polar surface area (TPSA) is 61.5 Å². The van der Waals surface area contributed by atoms with Crippen molar-refractivity contribution in [1.29, 1.82) is 0 Å². The van der Waals surface area contributed by atoms with E-state index in [-0.39, 0.29) is 17.9 Å². The molecular weight excluding hydrogens is 220 g/mol. The molecule has 1 aromatic carbocycles. The molecule has 0 fully saturated rings. The van der Waals surface area contributed by atoms with Crippen molar-refractivity contribution in [2.75, 3.05) is 20.8 Å². The zero-order valence-corrected chi connectivity index (χ0v) is 8.84. The highest BCUT2D eigenvalue weighted by atomic mass is 19.2. The van der Waals surface area contributed by atoms with E-state index in [0.29, 0.717) is 0 Å². The molecule has 0 saturated heterocycles. The van der Waals surface area contributed by atoms with Crippen LogP contribution in [0.5, 0.6) is 11.5 Å². The van der Waals surface area contributed by atoms with Gasteiger partial charge in [0.15, 0.2) is 17.3 Å². The molecule has 0 amide bonds. The second-order valence-electron chi connectivity index (χ2n) is 2.91. The first-order chi connectivity index (χ1) is 7.56. The largest absolute Gasteiger partial charge is 0.492 e. The number of methoxy groups -OCH3 is 2. The fraction of sp³-hybridized carbons (Fsp3) is 0.300. The van der Waals surface area contributed by atoms with Gasteiger partial charge in [-0.25, -0.2) is 4.39 Å². The lowest BCUT2D eigenvalue weighted by molar-refractivity contribution is 0.0997. The number of rotatable bonds is 4. The second kappa shape index (κ2) is 4.89. The van der Waals surface area contributed by atoms with E-state index in [1.807, 2.05) is 0 Å². The molecule has 16 heavy (non-hydrogen) atoms. The Morgan fingerprint density at radius 3 is 2.31 bits per heavy atom. The van der Waals surface area contributed by atoms with Crippen LogP contribution in [0, 0.1) is 11.6 Å². The number of Topliss-reactive ketones (excluding diaryl/α,β-unsaturated/α-hetero) is 1. The zero-order chi connectivity index (χ0) is 12.3. The van der Waals surface area contributed by atoms with Crippen LogP contribution in [0.4, 0.5) is 8.78 Å². The van der Waals surface area contributed by atoms with E-state index >= 15 is 0 Å². The molecule has 0 aromatic heterocycles. The van der Waals surface area contributed by atoms with E-state index < -0.39 is 23.2 Å². The summed E-state index contributed by atoms with van der Waals surface area (Å²) in [5, 5.41) is 0. The molecule has 6 heteroatoms. The van der Waals surface area contributed by atoms with Crippen LogP contribution in [0.3, 0.4) is 0 Å². The summed E-state index contributed by atoms with van der Waals surface area (Å²) in [6.45, 7) is -0.329. The summed E-state index contributed by atoms with van der Waals surface area (Å²) in [5.41, 5.74) is 5.01. The van der Waals surface area contributed by atoms with E-state index in [0.717, 1.165) is 13.2 Å². The Morgan fingerprint density at radius 2 is 1.88 bits per heavy atom. The standard InChI is InChI=1S/C10H11F2NO3/c1-15-9-5(7(14)4-13)3-6(11)8(12)10(9)16-2/h3H,4,13H2,1-2H3. The Morgan fingerprint density at radius 1 is 1.31 bits per heavy atom. The molecule has 0 saturated carbocycles. The molecule has 0 bridgehead atoms. The van der Waals surface area contributed by atoms with Crippen LogP contribution in [0.1, 0.15) is 10.4 Å². The fourth-order valence-electron chi connectivity index (χ4n) is 1.29. The first-order valence-electron chi connectivity index (χ1n) is 4.40. The van der Waals surface area contributed by atoms with E-state index in [2.05, 4.69) is 4.74 Å². The summed E-state index contributed by atoms with van der Waals surface area (Å²) in [5.74, 6) is -3.55. The minimum Gasteiger partial charge on any atom is -0.492 e. The van der Waals surface area contributed by atoms with Crippen LogP contribution in [0.25, 0.3) is 0 Å². The molecular formula is C10H11F2NO3. The number of ketones is 1. The fourth-order valence-corrected chi connectivity index (χ4v) is 1.29. The minimum atomic E-state index is -1.20. The molecule has 0 radical (unpaired) electrons. The van der Waals surface area contributed by atoms with E-state index in [1.54, 1.807) is 0 Å². The van der Waals surface area contributed by atoms with Crippen LogP contribution < -0.4 is 15.2 Å². The highest BCUT2D eigenvalue weighted by Crippen LogP contribution is 2.35. The molecule has 0 aliphatic carbocycles. The van der Waals surface area contributed by atoms with Gasteiger partial charge in [0.25, 0.3) is 0 Å². The lowest BCUT2D eigenvalue weighted by Gasteiger charge is -2.12. The Labute approximate surface area is 91.0 Å². The van der Waals surface area contributed by atoms with Crippen LogP contribution in [-0.4, -0.2) is 26.5 Å². The number of hydrogen-bond acceptors (Lipinski definition) is 4. The minimum absolute atomic E-state index is 0.138. The molecule has 0 heterocycles. The van der Waals surface area contributed by atoms with Crippen molar-refractivity contribution in [2.45, 2.75) is 0 Å². The number of benzene rings is 1. The normalized spacial score (nSPS) is 10.1.